The van der Waals surface area contributed by atoms with Crippen LogP contribution >= 0.6 is 0 Å². The van der Waals surface area contributed by atoms with Crippen LogP contribution in [-0.4, -0.2) is 20.4 Å². The molecule has 1 aromatic carbocycles. The van der Waals surface area contributed by atoms with Crippen molar-refractivity contribution in [2.45, 2.75) is 0 Å². The Morgan fingerprint density at radius 3 is 3.00 bits per heavy atom. The molecule has 0 fully saturated rings. The van der Waals surface area contributed by atoms with Gasteiger partial charge in [0, 0.05) is 0 Å². The monoisotopic (exact) mass is 257 g/mol. The predicted molar refractivity (Wildman–Crippen MR) is 45.6 cm³/mol. The van der Waals surface area contributed by atoms with Gasteiger partial charge in [-0.2, -0.15) is 0 Å². The second-order valence-corrected chi connectivity index (χ2v) is 4.99. The van der Waals surface area contributed by atoms with Crippen LogP contribution in [-0.2, 0) is 0 Å². The first-order chi connectivity index (χ1) is 5.40. The van der Waals surface area contributed by atoms with Gasteiger partial charge in [-0.1, -0.05) is 0 Å². The Kier molecular flexibility index (Phi) is 1.70. The normalized spacial score (nSPS) is 9.73. The number of hydrogen-bond donors (Lipinski definition) is 0. The molecule has 0 bridgehead atoms. The minimum absolute atomic E-state index is 0.0493. The van der Waals surface area contributed by atoms with Gasteiger partial charge in [0.1, 0.15) is 0 Å². The van der Waals surface area contributed by atoms with Gasteiger partial charge in [0.25, 0.3) is 0 Å². The molecule has 2 rings (SSSR count). The molecule has 0 unspecified atom stereocenters. The molecule has 1 aromatic heterocycles. The van der Waals surface area contributed by atoms with E-state index < -0.39 is 0 Å². The number of rotatable bonds is 0. The summed E-state index contributed by atoms with van der Waals surface area (Å²) in [5, 5.41) is 9.86. The van der Waals surface area contributed by atoms with Crippen LogP contribution in [0.3, 0.4) is 0 Å². The zero-order valence-corrected chi connectivity index (χ0v) is 8.07. The topological polar surface area (TPSA) is 23.8 Å². The van der Waals surface area contributed by atoms with Crippen LogP contribution in [0.5, 0.6) is 0 Å². The number of hydrogen-bond acceptors (Lipinski definition) is 1. The van der Waals surface area contributed by atoms with Gasteiger partial charge >= 0.3 is 74.5 Å². The molecular weight excluding hydrogens is 250 g/mol. The molecule has 0 aliphatic rings. The SMILES string of the molecule is N#Cc1ccc2[te]ccc2c1. The van der Waals surface area contributed by atoms with E-state index in [0.29, 0.717) is 0 Å². The van der Waals surface area contributed by atoms with Gasteiger partial charge in [-0.3, -0.25) is 0 Å². The van der Waals surface area contributed by atoms with Crippen LogP contribution in [0.25, 0.3) is 8.79 Å². The Balaban J connectivity index is 2.79. The molecule has 0 saturated heterocycles. The fourth-order valence-electron chi connectivity index (χ4n) is 1.04. The van der Waals surface area contributed by atoms with E-state index in [0.717, 1.165) is 5.56 Å². The van der Waals surface area contributed by atoms with E-state index in [1.807, 2.05) is 12.1 Å². The first kappa shape index (κ1) is 6.92. The molecule has 1 nitrogen and oxygen atoms in total. The maximum absolute atomic E-state index is 8.61. The van der Waals surface area contributed by atoms with E-state index in [1.54, 1.807) is 0 Å². The molecule has 0 saturated carbocycles. The maximum atomic E-state index is 8.61. The molecule has 0 atom stereocenters. The van der Waals surface area contributed by atoms with Crippen molar-refractivity contribution in [3.8, 4) is 6.07 Å². The first-order valence-corrected chi connectivity index (χ1v) is 5.78. The van der Waals surface area contributed by atoms with E-state index in [9.17, 15) is 0 Å². The van der Waals surface area contributed by atoms with Crippen LogP contribution in [0, 0.1) is 11.3 Å². The molecule has 0 N–H and O–H groups in total. The van der Waals surface area contributed by atoms with Crippen molar-refractivity contribution in [1.82, 2.24) is 0 Å². The van der Waals surface area contributed by atoms with Gasteiger partial charge in [0.05, 0.1) is 0 Å². The second kappa shape index (κ2) is 2.70. The van der Waals surface area contributed by atoms with Gasteiger partial charge < -0.3 is 0 Å². The number of nitrogens with zero attached hydrogens (tertiary/aromatic N) is 1. The van der Waals surface area contributed by atoms with Gasteiger partial charge in [-0.25, -0.2) is 0 Å². The van der Waals surface area contributed by atoms with Crippen molar-refractivity contribution in [3.05, 3.63) is 33.9 Å². The molecule has 1 heterocycles. The minimum atomic E-state index is -0.0493. The molecule has 2 heteroatoms. The third kappa shape index (κ3) is 1.18. The average Bonchev–Trinajstić information content (AvgIpc) is 2.50. The standard InChI is InChI=1S/C9H5NTe/c10-6-7-1-2-9-8(5-7)3-4-11-9/h1-5H. The first-order valence-electron chi connectivity index (χ1n) is 3.27. The van der Waals surface area contributed by atoms with Gasteiger partial charge in [0.2, 0.25) is 0 Å². The van der Waals surface area contributed by atoms with Crippen molar-refractivity contribution < 1.29 is 0 Å². The van der Waals surface area contributed by atoms with Crippen molar-refractivity contribution in [1.29, 1.82) is 5.26 Å². The van der Waals surface area contributed by atoms with Crippen molar-refractivity contribution >= 4 is 29.2 Å². The van der Waals surface area contributed by atoms with E-state index in [-0.39, 0.29) is 20.4 Å². The van der Waals surface area contributed by atoms with Crippen LogP contribution in [0.4, 0.5) is 0 Å². The summed E-state index contributed by atoms with van der Waals surface area (Å²) >= 11 is -0.0493. The Morgan fingerprint density at radius 2 is 2.18 bits per heavy atom. The predicted octanol–water partition coefficient (Wildman–Crippen LogP) is 1.77. The van der Waals surface area contributed by atoms with Gasteiger partial charge in [-0.15, -0.1) is 0 Å². The summed E-state index contributed by atoms with van der Waals surface area (Å²) in [6, 6.07) is 10.2. The molecule has 0 spiro atoms. The van der Waals surface area contributed by atoms with Crippen molar-refractivity contribution in [3.63, 3.8) is 0 Å². The summed E-state index contributed by atoms with van der Waals surface area (Å²) in [6.45, 7) is 0. The van der Waals surface area contributed by atoms with Gasteiger partial charge in [0.15, 0.2) is 0 Å². The van der Waals surface area contributed by atoms with E-state index in [1.165, 1.54) is 8.79 Å². The Labute approximate surface area is 74.5 Å². The molecule has 52 valence electrons. The number of fused-ring (bicyclic) bond motifs is 1. The summed E-state index contributed by atoms with van der Waals surface area (Å²) < 4.78 is 3.70. The van der Waals surface area contributed by atoms with E-state index >= 15 is 0 Å². The Bertz CT molecular complexity index is 422. The molecule has 2 aromatic rings. The van der Waals surface area contributed by atoms with E-state index in [2.05, 4.69) is 22.3 Å². The van der Waals surface area contributed by atoms with Crippen LogP contribution < -0.4 is 0 Å². The summed E-state index contributed by atoms with van der Waals surface area (Å²) in [5.41, 5.74) is 0.766. The zero-order valence-electron chi connectivity index (χ0n) is 5.74. The molecular formula is C9H5NTe. The summed E-state index contributed by atoms with van der Waals surface area (Å²) in [5.74, 6) is 0. The molecule has 0 aliphatic heterocycles. The quantitative estimate of drug-likeness (QED) is 0.658. The van der Waals surface area contributed by atoms with Crippen LogP contribution in [0.15, 0.2) is 28.3 Å². The summed E-state index contributed by atoms with van der Waals surface area (Å²) in [7, 11) is 0. The average molecular weight is 255 g/mol. The summed E-state index contributed by atoms with van der Waals surface area (Å²) in [4.78, 5) is 0. The number of nitriles is 1. The van der Waals surface area contributed by atoms with Crippen molar-refractivity contribution in [2.75, 3.05) is 0 Å². The van der Waals surface area contributed by atoms with Crippen LogP contribution in [0.1, 0.15) is 5.56 Å². The number of benzene rings is 1. The van der Waals surface area contributed by atoms with Crippen LogP contribution in [0.2, 0.25) is 0 Å². The fourth-order valence-corrected chi connectivity index (χ4v) is 3.24. The molecule has 0 radical (unpaired) electrons. The third-order valence-corrected chi connectivity index (χ3v) is 4.14. The Hall–Kier alpha value is -0.760. The second-order valence-electron chi connectivity index (χ2n) is 2.29. The molecule has 0 amide bonds. The third-order valence-electron chi connectivity index (χ3n) is 1.58. The zero-order chi connectivity index (χ0) is 7.68. The van der Waals surface area contributed by atoms with Crippen molar-refractivity contribution in [2.24, 2.45) is 0 Å². The molecule has 11 heavy (non-hydrogen) atoms. The van der Waals surface area contributed by atoms with Gasteiger partial charge in [-0.05, 0) is 0 Å². The Morgan fingerprint density at radius 1 is 1.27 bits per heavy atom. The van der Waals surface area contributed by atoms with E-state index in [4.69, 9.17) is 5.26 Å². The fraction of sp³-hybridized carbons (Fsp3) is 0. The molecule has 0 aliphatic carbocycles. The summed E-state index contributed by atoms with van der Waals surface area (Å²) in [6.07, 6.45) is 0.